The van der Waals surface area contributed by atoms with Crippen molar-refractivity contribution in [3.05, 3.63) is 48.2 Å². The van der Waals surface area contributed by atoms with E-state index in [1.54, 1.807) is 6.20 Å². The first-order chi connectivity index (χ1) is 8.72. The molecule has 0 aliphatic carbocycles. The van der Waals surface area contributed by atoms with Gasteiger partial charge in [-0.25, -0.2) is 4.39 Å². The van der Waals surface area contributed by atoms with E-state index < -0.39 is 5.91 Å². The average Bonchev–Trinajstić information content (AvgIpc) is 2.96. The fourth-order valence-corrected chi connectivity index (χ4v) is 1.64. The molecule has 1 aromatic carbocycles. The van der Waals surface area contributed by atoms with Crippen LogP contribution in [0.1, 0.15) is 10.6 Å². The van der Waals surface area contributed by atoms with E-state index in [2.05, 4.69) is 15.5 Å². The van der Waals surface area contributed by atoms with Gasteiger partial charge in [0.1, 0.15) is 11.4 Å². The molecule has 1 amide bonds. The van der Waals surface area contributed by atoms with Crippen LogP contribution in [0, 0.1) is 5.82 Å². The molecule has 0 spiro atoms. The molecule has 0 aliphatic heterocycles. The third kappa shape index (κ3) is 1.84. The molecule has 0 fully saturated rings. The molecule has 2 aromatic heterocycles. The second kappa shape index (κ2) is 3.99. The van der Waals surface area contributed by atoms with Crippen molar-refractivity contribution >= 4 is 22.6 Å². The van der Waals surface area contributed by atoms with Crippen LogP contribution in [0.2, 0.25) is 0 Å². The molecule has 0 radical (unpaired) electrons. The van der Waals surface area contributed by atoms with Crippen LogP contribution in [-0.4, -0.2) is 16.1 Å². The number of fused-ring (bicyclic) bond motifs is 1. The Hall–Kier alpha value is -2.63. The van der Waals surface area contributed by atoms with E-state index in [1.165, 1.54) is 30.5 Å². The van der Waals surface area contributed by atoms with Gasteiger partial charge in [-0.1, -0.05) is 0 Å². The van der Waals surface area contributed by atoms with E-state index in [-0.39, 0.29) is 11.6 Å². The highest BCUT2D eigenvalue weighted by molar-refractivity contribution is 6.04. The number of aromatic nitrogens is 2. The van der Waals surface area contributed by atoms with Gasteiger partial charge in [0, 0.05) is 11.6 Å². The van der Waals surface area contributed by atoms with E-state index in [9.17, 15) is 9.18 Å². The van der Waals surface area contributed by atoms with Crippen molar-refractivity contribution in [3.8, 4) is 0 Å². The summed E-state index contributed by atoms with van der Waals surface area (Å²) in [5.41, 5.74) is 1.00. The smallest absolute Gasteiger partial charge is 0.291 e. The van der Waals surface area contributed by atoms with Crippen LogP contribution in [0.15, 0.2) is 41.1 Å². The predicted octanol–water partition coefficient (Wildman–Crippen LogP) is 2.55. The summed E-state index contributed by atoms with van der Waals surface area (Å²) in [6.07, 6.45) is 3.01. The highest BCUT2D eigenvalue weighted by atomic mass is 19.1. The second-order valence-corrected chi connectivity index (χ2v) is 3.73. The number of halogens is 1. The summed E-state index contributed by atoms with van der Waals surface area (Å²) >= 11 is 0. The van der Waals surface area contributed by atoms with Crippen LogP contribution < -0.4 is 5.32 Å². The minimum absolute atomic E-state index is 0.122. The minimum atomic E-state index is -0.409. The van der Waals surface area contributed by atoms with Crippen LogP contribution >= 0.6 is 0 Å². The molecule has 0 unspecified atom stereocenters. The van der Waals surface area contributed by atoms with Crippen molar-refractivity contribution in [3.63, 3.8) is 0 Å². The third-order valence-electron chi connectivity index (χ3n) is 2.46. The van der Waals surface area contributed by atoms with Gasteiger partial charge in [0.25, 0.3) is 5.91 Å². The van der Waals surface area contributed by atoms with Crippen LogP contribution in [-0.2, 0) is 0 Å². The first-order valence-corrected chi connectivity index (χ1v) is 5.21. The Kier molecular flexibility index (Phi) is 2.33. The van der Waals surface area contributed by atoms with Gasteiger partial charge in [-0.2, -0.15) is 5.10 Å². The minimum Gasteiger partial charge on any atom is -0.451 e. The Morgan fingerprint density at radius 2 is 2.28 bits per heavy atom. The quantitative estimate of drug-likeness (QED) is 0.728. The van der Waals surface area contributed by atoms with Crippen LogP contribution in [0.5, 0.6) is 0 Å². The number of H-pyrrole nitrogens is 1. The summed E-state index contributed by atoms with van der Waals surface area (Å²) < 4.78 is 18.3. The number of carbonyl (C=O) groups excluding carboxylic acids is 1. The zero-order valence-corrected chi connectivity index (χ0v) is 9.11. The third-order valence-corrected chi connectivity index (χ3v) is 2.46. The molecule has 0 aliphatic rings. The Labute approximate surface area is 101 Å². The molecule has 90 valence electrons. The van der Waals surface area contributed by atoms with Gasteiger partial charge in [-0.05, 0) is 24.3 Å². The molecule has 18 heavy (non-hydrogen) atoms. The fraction of sp³-hybridized carbons (Fsp3) is 0. The van der Waals surface area contributed by atoms with Gasteiger partial charge < -0.3 is 9.73 Å². The summed E-state index contributed by atoms with van der Waals surface area (Å²) in [5.74, 6) is -0.657. The van der Waals surface area contributed by atoms with Crippen LogP contribution in [0.4, 0.5) is 10.1 Å². The fourth-order valence-electron chi connectivity index (χ4n) is 1.64. The topological polar surface area (TPSA) is 70.9 Å². The summed E-state index contributed by atoms with van der Waals surface area (Å²) in [6, 6.07) is 5.57. The Bertz CT molecular complexity index is 703. The Balaban J connectivity index is 1.92. The van der Waals surface area contributed by atoms with Gasteiger partial charge in [0.15, 0.2) is 5.76 Å². The molecule has 3 rings (SSSR count). The largest absolute Gasteiger partial charge is 0.451 e. The van der Waals surface area contributed by atoms with Crippen molar-refractivity contribution in [2.24, 2.45) is 0 Å². The molecule has 0 saturated carbocycles. The molecule has 0 bridgehead atoms. The number of aromatic amines is 1. The van der Waals surface area contributed by atoms with Crippen molar-refractivity contribution in [1.82, 2.24) is 10.2 Å². The molecule has 0 saturated heterocycles. The lowest BCUT2D eigenvalue weighted by Crippen LogP contribution is -2.09. The Morgan fingerprint density at radius 3 is 3.06 bits per heavy atom. The zero-order valence-electron chi connectivity index (χ0n) is 9.11. The molecular weight excluding hydrogens is 237 g/mol. The monoisotopic (exact) mass is 245 g/mol. The second-order valence-electron chi connectivity index (χ2n) is 3.73. The lowest BCUT2D eigenvalue weighted by Gasteiger charge is -1.97. The molecular formula is C12H8FN3O2. The number of furan rings is 1. The number of hydrogen-bond acceptors (Lipinski definition) is 3. The van der Waals surface area contributed by atoms with Crippen molar-refractivity contribution in [2.75, 3.05) is 5.32 Å². The summed E-state index contributed by atoms with van der Waals surface area (Å²) in [7, 11) is 0. The van der Waals surface area contributed by atoms with E-state index in [1.807, 2.05) is 0 Å². The predicted molar refractivity (Wildman–Crippen MR) is 62.7 cm³/mol. The van der Waals surface area contributed by atoms with Crippen LogP contribution in [0.25, 0.3) is 11.0 Å². The van der Waals surface area contributed by atoms with Crippen LogP contribution in [0.3, 0.4) is 0 Å². The van der Waals surface area contributed by atoms with Gasteiger partial charge >= 0.3 is 0 Å². The molecule has 2 heterocycles. The zero-order chi connectivity index (χ0) is 12.5. The molecule has 3 aromatic rings. The lowest BCUT2D eigenvalue weighted by molar-refractivity contribution is 0.0998. The van der Waals surface area contributed by atoms with Crippen molar-refractivity contribution in [2.45, 2.75) is 0 Å². The number of benzene rings is 1. The maximum Gasteiger partial charge on any atom is 0.291 e. The maximum atomic E-state index is 13.0. The first-order valence-electron chi connectivity index (χ1n) is 5.21. The van der Waals surface area contributed by atoms with E-state index >= 15 is 0 Å². The van der Waals surface area contributed by atoms with Gasteiger partial charge in [-0.3, -0.25) is 9.89 Å². The number of hydrogen-bond donors (Lipinski definition) is 2. The molecule has 0 atom stereocenters. The number of amides is 1. The number of nitrogens with zero attached hydrogens (tertiary/aromatic N) is 1. The maximum absolute atomic E-state index is 13.0. The summed E-state index contributed by atoms with van der Waals surface area (Å²) in [6.45, 7) is 0. The SMILES string of the molecule is O=C(Nc1cn[nH]c1)c1cc2cc(F)ccc2o1. The first kappa shape index (κ1) is 10.5. The normalized spacial score (nSPS) is 10.7. The number of rotatable bonds is 2. The highest BCUT2D eigenvalue weighted by Gasteiger charge is 2.13. The average molecular weight is 245 g/mol. The van der Waals surface area contributed by atoms with Gasteiger partial charge in [-0.15, -0.1) is 0 Å². The van der Waals surface area contributed by atoms with Gasteiger partial charge in [0.2, 0.25) is 0 Å². The van der Waals surface area contributed by atoms with E-state index in [0.717, 1.165) is 0 Å². The Morgan fingerprint density at radius 1 is 1.39 bits per heavy atom. The molecule has 6 heteroatoms. The highest BCUT2D eigenvalue weighted by Crippen LogP contribution is 2.21. The standard InChI is InChI=1S/C12H8FN3O2/c13-8-1-2-10-7(3-8)4-11(18-10)12(17)16-9-5-14-15-6-9/h1-6H,(H,14,15)(H,16,17). The van der Waals surface area contributed by atoms with E-state index in [0.29, 0.717) is 16.7 Å². The number of anilines is 1. The summed E-state index contributed by atoms with van der Waals surface area (Å²) in [4.78, 5) is 11.8. The lowest BCUT2D eigenvalue weighted by atomic mass is 10.2. The van der Waals surface area contributed by atoms with Gasteiger partial charge in [0.05, 0.1) is 11.9 Å². The van der Waals surface area contributed by atoms with E-state index in [4.69, 9.17) is 4.42 Å². The number of carbonyl (C=O) groups is 1. The summed E-state index contributed by atoms with van der Waals surface area (Å²) in [5, 5.41) is 9.42. The van der Waals surface area contributed by atoms with Crippen molar-refractivity contribution < 1.29 is 13.6 Å². The van der Waals surface area contributed by atoms with Crippen molar-refractivity contribution in [1.29, 1.82) is 0 Å². The molecule has 5 nitrogen and oxygen atoms in total. The number of nitrogens with one attached hydrogen (secondary N) is 2. The molecule has 2 N–H and O–H groups in total.